The fourth-order valence-electron chi connectivity index (χ4n) is 1.12. The van der Waals surface area contributed by atoms with Gasteiger partial charge in [0, 0.05) is 36.1 Å². The monoisotopic (exact) mass is 335 g/mol. The molecule has 1 atom stereocenters. The highest BCUT2D eigenvalue weighted by molar-refractivity contribution is 14.1. The first-order chi connectivity index (χ1) is 7.63. The Balaban J connectivity index is 2.52. The fraction of sp³-hybridized carbons (Fsp3) is 0.455. The molecule has 4 nitrogen and oxygen atoms in total. The van der Waals surface area contributed by atoms with Crippen LogP contribution in [0.25, 0.3) is 0 Å². The quantitative estimate of drug-likeness (QED) is 0.612. The van der Waals surface area contributed by atoms with Gasteiger partial charge >= 0.3 is 5.97 Å². The Bertz CT molecular complexity index is 357. The van der Waals surface area contributed by atoms with Crippen LogP contribution in [0.5, 0.6) is 0 Å². The SMILES string of the molecule is COCC[C@H](C)OC(=O)c1cncc(I)c1. The standard InChI is InChI=1S/C11H14INO3/c1-8(3-4-15-2)16-11(14)9-5-10(12)7-13-6-9/h5-8H,3-4H2,1-2H3/t8-/m0/s1. The normalized spacial score (nSPS) is 12.2. The smallest absolute Gasteiger partial charge is 0.340 e. The van der Waals surface area contributed by atoms with Gasteiger partial charge in [-0.2, -0.15) is 0 Å². The molecule has 1 aromatic rings. The van der Waals surface area contributed by atoms with Gasteiger partial charge in [0.2, 0.25) is 0 Å². The number of ether oxygens (including phenoxy) is 2. The van der Waals surface area contributed by atoms with E-state index < -0.39 is 0 Å². The molecule has 0 radical (unpaired) electrons. The number of pyridine rings is 1. The number of nitrogens with zero attached hydrogens (tertiary/aromatic N) is 1. The van der Waals surface area contributed by atoms with E-state index >= 15 is 0 Å². The van der Waals surface area contributed by atoms with Gasteiger partial charge in [0.15, 0.2) is 0 Å². The summed E-state index contributed by atoms with van der Waals surface area (Å²) in [6.45, 7) is 2.43. The van der Waals surface area contributed by atoms with Gasteiger partial charge in [-0.05, 0) is 35.6 Å². The van der Waals surface area contributed by atoms with Gasteiger partial charge in [0.1, 0.15) is 6.10 Å². The van der Waals surface area contributed by atoms with Crippen molar-refractivity contribution in [1.82, 2.24) is 4.98 Å². The minimum atomic E-state index is -0.338. The summed E-state index contributed by atoms with van der Waals surface area (Å²) in [5.41, 5.74) is 0.483. The number of carbonyl (C=O) groups is 1. The molecule has 1 heterocycles. The van der Waals surface area contributed by atoms with E-state index in [0.29, 0.717) is 18.6 Å². The van der Waals surface area contributed by atoms with E-state index in [0.717, 1.165) is 3.57 Å². The number of halogens is 1. The summed E-state index contributed by atoms with van der Waals surface area (Å²) in [6, 6.07) is 1.75. The van der Waals surface area contributed by atoms with Crippen LogP contribution in [0.2, 0.25) is 0 Å². The van der Waals surface area contributed by atoms with Crippen molar-refractivity contribution in [3.8, 4) is 0 Å². The van der Waals surface area contributed by atoms with E-state index in [9.17, 15) is 4.79 Å². The van der Waals surface area contributed by atoms with Crippen molar-refractivity contribution in [2.45, 2.75) is 19.4 Å². The molecule has 0 aliphatic rings. The van der Waals surface area contributed by atoms with Crippen molar-refractivity contribution < 1.29 is 14.3 Å². The van der Waals surface area contributed by atoms with Gasteiger partial charge in [-0.1, -0.05) is 0 Å². The second-order valence-corrected chi connectivity index (χ2v) is 4.63. The number of hydrogen-bond donors (Lipinski definition) is 0. The minimum Gasteiger partial charge on any atom is -0.459 e. The van der Waals surface area contributed by atoms with Crippen molar-refractivity contribution in [1.29, 1.82) is 0 Å². The van der Waals surface area contributed by atoms with Crippen molar-refractivity contribution in [3.63, 3.8) is 0 Å². The lowest BCUT2D eigenvalue weighted by atomic mass is 10.2. The maximum Gasteiger partial charge on any atom is 0.340 e. The molecule has 1 aromatic heterocycles. The molecule has 0 aliphatic carbocycles. The molecule has 0 bridgehead atoms. The van der Waals surface area contributed by atoms with Crippen LogP contribution in [-0.4, -0.2) is 30.8 Å². The topological polar surface area (TPSA) is 48.4 Å². The maximum atomic E-state index is 11.7. The molecule has 0 unspecified atom stereocenters. The lowest BCUT2D eigenvalue weighted by Crippen LogP contribution is -2.17. The number of hydrogen-bond acceptors (Lipinski definition) is 4. The van der Waals surface area contributed by atoms with Crippen LogP contribution in [0.3, 0.4) is 0 Å². The average molecular weight is 335 g/mol. The van der Waals surface area contributed by atoms with Crippen LogP contribution >= 0.6 is 22.6 Å². The number of esters is 1. The van der Waals surface area contributed by atoms with Gasteiger partial charge < -0.3 is 9.47 Å². The third kappa shape index (κ3) is 4.44. The largest absolute Gasteiger partial charge is 0.459 e. The summed E-state index contributed by atoms with van der Waals surface area (Å²) in [5, 5.41) is 0. The summed E-state index contributed by atoms with van der Waals surface area (Å²) in [7, 11) is 1.62. The third-order valence-electron chi connectivity index (χ3n) is 1.98. The Morgan fingerprint density at radius 3 is 2.94 bits per heavy atom. The summed E-state index contributed by atoms with van der Waals surface area (Å²) >= 11 is 2.10. The number of carbonyl (C=O) groups excluding carboxylic acids is 1. The van der Waals surface area contributed by atoms with Gasteiger partial charge in [-0.15, -0.1) is 0 Å². The predicted molar refractivity (Wildman–Crippen MR) is 68.3 cm³/mol. The maximum absolute atomic E-state index is 11.7. The molecule has 16 heavy (non-hydrogen) atoms. The molecule has 0 aromatic carbocycles. The second-order valence-electron chi connectivity index (χ2n) is 3.39. The van der Waals surface area contributed by atoms with Gasteiger partial charge in [-0.3, -0.25) is 4.98 Å². The van der Waals surface area contributed by atoms with E-state index in [-0.39, 0.29) is 12.1 Å². The van der Waals surface area contributed by atoms with E-state index in [1.165, 1.54) is 6.20 Å². The predicted octanol–water partition coefficient (Wildman–Crippen LogP) is 2.27. The van der Waals surface area contributed by atoms with Crippen LogP contribution < -0.4 is 0 Å². The highest BCUT2D eigenvalue weighted by atomic mass is 127. The zero-order valence-electron chi connectivity index (χ0n) is 9.27. The number of methoxy groups -OCH3 is 1. The summed E-state index contributed by atoms with van der Waals surface area (Å²) in [6.07, 6.45) is 3.74. The molecule has 0 fully saturated rings. The highest BCUT2D eigenvalue weighted by Gasteiger charge is 2.12. The molecule has 0 saturated heterocycles. The number of rotatable bonds is 5. The van der Waals surface area contributed by atoms with Crippen molar-refractivity contribution in [2.24, 2.45) is 0 Å². The van der Waals surface area contributed by atoms with E-state index in [4.69, 9.17) is 9.47 Å². The van der Waals surface area contributed by atoms with Crippen LogP contribution in [0.1, 0.15) is 23.7 Å². The van der Waals surface area contributed by atoms with Crippen LogP contribution in [0.4, 0.5) is 0 Å². The van der Waals surface area contributed by atoms with Crippen molar-refractivity contribution >= 4 is 28.6 Å². The first-order valence-corrected chi connectivity index (χ1v) is 6.02. The second kappa shape index (κ2) is 6.80. The summed E-state index contributed by atoms with van der Waals surface area (Å²) in [5.74, 6) is -0.338. The summed E-state index contributed by atoms with van der Waals surface area (Å²) in [4.78, 5) is 15.6. The molecule has 1 rings (SSSR count). The fourth-order valence-corrected chi connectivity index (χ4v) is 1.61. The Labute approximate surface area is 108 Å². The summed E-state index contributed by atoms with van der Waals surface area (Å²) < 4.78 is 11.1. The average Bonchev–Trinajstić information content (AvgIpc) is 2.26. The van der Waals surface area contributed by atoms with E-state index in [1.54, 1.807) is 19.4 Å². The molecular weight excluding hydrogens is 321 g/mol. The molecular formula is C11H14INO3. The highest BCUT2D eigenvalue weighted by Crippen LogP contribution is 2.09. The van der Waals surface area contributed by atoms with Gasteiger partial charge in [0.05, 0.1) is 5.56 Å². The zero-order chi connectivity index (χ0) is 12.0. The first kappa shape index (κ1) is 13.4. The Kier molecular flexibility index (Phi) is 5.68. The molecule has 0 spiro atoms. The molecule has 0 saturated carbocycles. The number of aromatic nitrogens is 1. The molecule has 0 aliphatic heterocycles. The third-order valence-corrected chi connectivity index (χ3v) is 2.57. The Hall–Kier alpha value is -0.690. The Morgan fingerprint density at radius 1 is 1.56 bits per heavy atom. The van der Waals surface area contributed by atoms with Crippen LogP contribution in [0.15, 0.2) is 18.5 Å². The van der Waals surface area contributed by atoms with Crippen molar-refractivity contribution in [3.05, 3.63) is 27.6 Å². The van der Waals surface area contributed by atoms with E-state index in [1.807, 2.05) is 6.92 Å². The molecule has 88 valence electrons. The van der Waals surface area contributed by atoms with Gasteiger partial charge in [0.25, 0.3) is 0 Å². The molecule has 0 N–H and O–H groups in total. The van der Waals surface area contributed by atoms with Crippen LogP contribution in [0, 0.1) is 3.57 Å². The van der Waals surface area contributed by atoms with Gasteiger partial charge in [-0.25, -0.2) is 4.79 Å². The van der Waals surface area contributed by atoms with E-state index in [2.05, 4.69) is 27.6 Å². The molecule has 5 heteroatoms. The molecule has 0 amide bonds. The van der Waals surface area contributed by atoms with Crippen LogP contribution in [-0.2, 0) is 9.47 Å². The minimum absolute atomic E-state index is 0.148. The first-order valence-electron chi connectivity index (χ1n) is 4.94. The Morgan fingerprint density at radius 2 is 2.31 bits per heavy atom. The zero-order valence-corrected chi connectivity index (χ0v) is 11.4. The lowest BCUT2D eigenvalue weighted by molar-refractivity contribution is 0.0266. The lowest BCUT2D eigenvalue weighted by Gasteiger charge is -2.12. The van der Waals surface area contributed by atoms with Crippen molar-refractivity contribution in [2.75, 3.05) is 13.7 Å².